The fraction of sp³-hybridized carbons (Fsp3) is 0. The zero-order chi connectivity index (χ0) is 19.7. The normalized spacial score (nSPS) is 8.77. The molecule has 0 N–H and O–H groups in total. The zero-order valence-electron chi connectivity index (χ0n) is 12.4. The first-order valence-electron chi connectivity index (χ1n) is 5.18. The fourth-order valence-corrected chi connectivity index (χ4v) is 0.408. The largest absolute Gasteiger partial charge is 3.00 e. The van der Waals surface area contributed by atoms with Crippen LogP contribution < -0.4 is 30.6 Å². The minimum Gasteiger partial charge on any atom is -0.545 e. The third-order valence-electron chi connectivity index (χ3n) is 1.07. The third kappa shape index (κ3) is 56.9. The zero-order valence-corrected chi connectivity index (χ0v) is 18.6. The molecule has 26 heavy (non-hydrogen) atoms. The Morgan fingerprint density at radius 2 is 0.423 bits per heavy atom. The van der Waals surface area contributed by atoms with Gasteiger partial charge < -0.3 is 59.4 Å². The molecule has 0 aromatic carbocycles. The van der Waals surface area contributed by atoms with Crippen LogP contribution >= 0.6 is 0 Å². The van der Waals surface area contributed by atoms with E-state index in [-0.39, 0.29) is 83.5 Å². The first kappa shape index (κ1) is 35.8. The molecule has 0 aliphatic carbocycles. The molecule has 0 bridgehead atoms. The van der Waals surface area contributed by atoms with E-state index in [1.165, 1.54) is 0 Å². The van der Waals surface area contributed by atoms with Gasteiger partial charge in [-0.1, -0.05) is 0 Å². The van der Waals surface area contributed by atoms with E-state index >= 15 is 0 Å². The summed E-state index contributed by atoms with van der Waals surface area (Å²) >= 11 is 0. The summed E-state index contributed by atoms with van der Waals surface area (Å²) in [5, 5.41) is 56.5. The Bertz CT molecular complexity index is 448. The predicted molar refractivity (Wildman–Crippen MR) is 57.5 cm³/mol. The fourth-order valence-electron chi connectivity index (χ4n) is 0.408. The Labute approximate surface area is 212 Å². The number of rotatable bonds is 6. The van der Waals surface area contributed by atoms with Crippen molar-refractivity contribution in [2.24, 2.45) is 0 Å². The molecule has 0 saturated heterocycles. The molecule has 2 radical (unpaired) electrons. The summed E-state index contributed by atoms with van der Waals surface area (Å²) in [6.45, 7) is 0. The van der Waals surface area contributed by atoms with Crippen LogP contribution in [0.5, 0.6) is 0 Å². The molecule has 0 unspecified atom stereocenters. The van der Waals surface area contributed by atoms with Crippen LogP contribution in [-0.4, -0.2) is 35.8 Å². The molecule has 0 saturated carbocycles. The van der Waals surface area contributed by atoms with Gasteiger partial charge in [0.15, 0.2) is 0 Å². The molecular formula is C12H6Ce2O12. The standard InChI is InChI=1S/3C4H4O4.2Ce/c3*5-3(6)1-2-4(7)8;;/h3*1-2H,(H,5,6)(H,7,8);;/q;;;2*+3/p-6/b3*2-1+;;. The van der Waals surface area contributed by atoms with Crippen molar-refractivity contribution in [2.75, 3.05) is 0 Å². The second-order valence-corrected chi connectivity index (χ2v) is 2.91. The van der Waals surface area contributed by atoms with Crippen LogP contribution in [0.4, 0.5) is 0 Å². The molecule has 0 aromatic rings. The van der Waals surface area contributed by atoms with E-state index in [9.17, 15) is 59.4 Å². The topological polar surface area (TPSA) is 241 Å². The van der Waals surface area contributed by atoms with Gasteiger partial charge in [0, 0.05) is 0 Å². The van der Waals surface area contributed by atoms with Gasteiger partial charge in [0.25, 0.3) is 0 Å². The second-order valence-electron chi connectivity index (χ2n) is 2.91. The van der Waals surface area contributed by atoms with Crippen LogP contribution in [0.3, 0.4) is 0 Å². The van der Waals surface area contributed by atoms with E-state index in [4.69, 9.17) is 0 Å². The van der Waals surface area contributed by atoms with Crippen LogP contribution in [0.25, 0.3) is 0 Å². The summed E-state index contributed by atoms with van der Waals surface area (Å²) in [5.74, 6) is -9.28. The third-order valence-corrected chi connectivity index (χ3v) is 1.07. The van der Waals surface area contributed by atoms with Crippen molar-refractivity contribution in [3.05, 3.63) is 36.5 Å². The van der Waals surface area contributed by atoms with Gasteiger partial charge in [0.1, 0.15) is 0 Å². The Hall–Kier alpha value is -1.21. The second kappa shape index (κ2) is 23.8. The quantitative estimate of drug-likeness (QED) is 0.251. The molecule has 134 valence electrons. The van der Waals surface area contributed by atoms with E-state index in [0.717, 1.165) is 0 Å². The molecule has 0 heterocycles. The smallest absolute Gasteiger partial charge is 0.545 e. The minimum atomic E-state index is -1.55. The summed E-state index contributed by atoms with van der Waals surface area (Å²) in [7, 11) is 0. The maximum Gasteiger partial charge on any atom is 3.00 e. The van der Waals surface area contributed by atoms with Crippen LogP contribution in [-0.2, 0) is 28.8 Å². The Morgan fingerprint density at radius 3 is 0.462 bits per heavy atom. The molecule has 12 nitrogen and oxygen atoms in total. The molecular weight excluding hydrogens is 616 g/mol. The van der Waals surface area contributed by atoms with Crippen molar-refractivity contribution >= 4 is 35.8 Å². The molecule has 0 aliphatic rings. The van der Waals surface area contributed by atoms with E-state index in [1.807, 2.05) is 0 Å². The molecule has 0 aliphatic heterocycles. The Morgan fingerprint density at radius 1 is 0.346 bits per heavy atom. The van der Waals surface area contributed by atoms with Gasteiger partial charge in [-0.15, -0.1) is 0 Å². The van der Waals surface area contributed by atoms with Crippen LogP contribution in [0, 0.1) is 83.5 Å². The van der Waals surface area contributed by atoms with Crippen molar-refractivity contribution in [3.63, 3.8) is 0 Å². The summed E-state index contributed by atoms with van der Waals surface area (Å²) in [6, 6.07) is 0. The maximum absolute atomic E-state index is 9.41. The predicted octanol–water partition coefficient (Wildman–Crippen LogP) is -8.87. The average Bonchev–Trinajstić information content (AvgIpc) is 2.42. The number of carbonyl (C=O) groups is 6. The molecule has 14 heteroatoms. The van der Waals surface area contributed by atoms with Crippen molar-refractivity contribution in [3.8, 4) is 0 Å². The molecule has 0 rings (SSSR count). The first-order chi connectivity index (χ1) is 10.9. The number of aliphatic carboxylic acids is 6. The summed E-state index contributed by atoms with van der Waals surface area (Å²) < 4.78 is 0. The van der Waals surface area contributed by atoms with Crippen molar-refractivity contribution in [1.29, 1.82) is 0 Å². The van der Waals surface area contributed by atoms with Crippen molar-refractivity contribution in [1.82, 2.24) is 0 Å². The summed E-state index contributed by atoms with van der Waals surface area (Å²) in [4.78, 5) is 56.5. The van der Waals surface area contributed by atoms with Crippen molar-refractivity contribution < 1.29 is 143 Å². The van der Waals surface area contributed by atoms with E-state index < -0.39 is 35.8 Å². The molecule has 0 spiro atoms. The molecule has 0 fully saturated rings. The van der Waals surface area contributed by atoms with Crippen molar-refractivity contribution in [2.45, 2.75) is 0 Å². The summed E-state index contributed by atoms with van der Waals surface area (Å²) in [6.07, 6.45) is 2.31. The van der Waals surface area contributed by atoms with Gasteiger partial charge in [0.2, 0.25) is 0 Å². The monoisotopic (exact) mass is 622 g/mol. The van der Waals surface area contributed by atoms with Crippen LogP contribution in [0.1, 0.15) is 0 Å². The van der Waals surface area contributed by atoms with Gasteiger partial charge >= 0.3 is 83.5 Å². The van der Waals surface area contributed by atoms with Gasteiger partial charge in [-0.3, -0.25) is 0 Å². The molecule has 0 amide bonds. The molecule has 0 aromatic heterocycles. The minimum absolute atomic E-state index is 0. The van der Waals surface area contributed by atoms with Gasteiger partial charge in [-0.2, -0.15) is 0 Å². The Balaban J connectivity index is -0.0000000817. The number of hydrogen-bond donors (Lipinski definition) is 0. The van der Waals surface area contributed by atoms with E-state index in [0.29, 0.717) is 36.5 Å². The van der Waals surface area contributed by atoms with Gasteiger partial charge in [-0.05, 0) is 36.5 Å². The number of carbonyl (C=O) groups excluding carboxylic acids is 6. The number of hydrogen-bond acceptors (Lipinski definition) is 12. The summed E-state index contributed by atoms with van der Waals surface area (Å²) in [5.41, 5.74) is 0. The first-order valence-corrected chi connectivity index (χ1v) is 5.18. The van der Waals surface area contributed by atoms with Crippen LogP contribution in [0.2, 0.25) is 0 Å². The van der Waals surface area contributed by atoms with E-state index in [1.54, 1.807) is 0 Å². The van der Waals surface area contributed by atoms with Crippen LogP contribution in [0.15, 0.2) is 36.5 Å². The number of carboxylic acid groups (broad SMARTS) is 6. The SMILES string of the molecule is O=C([O-])/C=C/C(=O)[O-].O=C([O-])/C=C/C(=O)[O-].O=C([O-])/C=C/C(=O)[O-].[Ce+3].[Ce+3]. The van der Waals surface area contributed by atoms with Gasteiger partial charge in [-0.25, -0.2) is 0 Å². The number of carboxylic acids is 6. The average molecular weight is 622 g/mol. The van der Waals surface area contributed by atoms with E-state index in [2.05, 4.69) is 0 Å². The van der Waals surface area contributed by atoms with Gasteiger partial charge in [0.05, 0.1) is 35.8 Å². The Kier molecular flexibility index (Phi) is 32.8. The molecule has 0 atom stereocenters. The maximum atomic E-state index is 9.41.